The van der Waals surface area contributed by atoms with Crippen LogP contribution in [0.15, 0.2) is 0 Å². The van der Waals surface area contributed by atoms with Crippen LogP contribution in [-0.2, 0) is 10.0 Å². The third-order valence-electron chi connectivity index (χ3n) is 2.59. The van der Waals surface area contributed by atoms with Crippen molar-refractivity contribution in [3.8, 4) is 0 Å². The van der Waals surface area contributed by atoms with Crippen LogP contribution in [0, 0.1) is 0 Å². The van der Waals surface area contributed by atoms with Gasteiger partial charge in [0.25, 0.3) is 0 Å². The normalized spacial score (nSPS) is 20.0. The molecule has 0 radical (unpaired) electrons. The lowest BCUT2D eigenvalue weighted by Crippen LogP contribution is -2.59. The fraction of sp³-hybridized carbons (Fsp3) is 1.00. The van der Waals surface area contributed by atoms with Gasteiger partial charge in [-0.15, -0.1) is 0 Å². The van der Waals surface area contributed by atoms with Crippen LogP contribution in [0.4, 0.5) is 0 Å². The third-order valence-corrected chi connectivity index (χ3v) is 3.83. The van der Waals surface area contributed by atoms with Crippen LogP contribution < -0.4 is 0 Å². The van der Waals surface area contributed by atoms with Crippen molar-refractivity contribution in [3.63, 3.8) is 0 Å². The predicted octanol–water partition coefficient (Wildman–Crippen LogP) is -1.06. The predicted molar refractivity (Wildman–Crippen MR) is 54.5 cm³/mol. The molecule has 0 spiro atoms. The van der Waals surface area contributed by atoms with Gasteiger partial charge >= 0.3 is 0 Å². The SMILES string of the molecule is CN(CCCO)C1CN(S(C)(=O)=O)C1. The second-order valence-corrected chi connectivity index (χ2v) is 5.77. The van der Waals surface area contributed by atoms with Gasteiger partial charge in [-0.1, -0.05) is 0 Å². The summed E-state index contributed by atoms with van der Waals surface area (Å²) in [6.07, 6.45) is 1.98. The second-order valence-electron chi connectivity index (χ2n) is 3.79. The quantitative estimate of drug-likeness (QED) is 0.644. The summed E-state index contributed by atoms with van der Waals surface area (Å²) in [5.41, 5.74) is 0. The van der Waals surface area contributed by atoms with Gasteiger partial charge in [-0.25, -0.2) is 8.42 Å². The summed E-state index contributed by atoms with van der Waals surface area (Å²) in [7, 11) is -1.04. The monoisotopic (exact) mass is 222 g/mol. The maximum Gasteiger partial charge on any atom is 0.211 e. The Hall–Kier alpha value is -0.170. The van der Waals surface area contributed by atoms with Crippen LogP contribution in [-0.4, -0.2) is 68.3 Å². The molecule has 0 aliphatic carbocycles. The van der Waals surface area contributed by atoms with E-state index in [0.29, 0.717) is 19.1 Å². The summed E-state index contributed by atoms with van der Waals surface area (Å²) in [4.78, 5) is 2.10. The first-order valence-corrected chi connectivity index (χ1v) is 6.56. The molecule has 0 bridgehead atoms. The van der Waals surface area contributed by atoms with E-state index in [1.807, 2.05) is 7.05 Å². The zero-order valence-corrected chi connectivity index (χ0v) is 9.50. The number of hydrogen-bond acceptors (Lipinski definition) is 4. The van der Waals surface area contributed by atoms with Crippen molar-refractivity contribution in [3.05, 3.63) is 0 Å². The third kappa shape index (κ3) is 2.91. The highest BCUT2D eigenvalue weighted by molar-refractivity contribution is 7.88. The van der Waals surface area contributed by atoms with E-state index in [9.17, 15) is 8.42 Å². The lowest BCUT2D eigenvalue weighted by molar-refractivity contribution is 0.105. The Morgan fingerprint density at radius 3 is 2.50 bits per heavy atom. The van der Waals surface area contributed by atoms with Crippen LogP contribution in [0.5, 0.6) is 0 Å². The van der Waals surface area contributed by atoms with E-state index in [2.05, 4.69) is 4.90 Å². The molecule has 1 N–H and O–H groups in total. The zero-order valence-electron chi connectivity index (χ0n) is 8.68. The molecule has 1 fully saturated rings. The number of aliphatic hydroxyl groups is 1. The minimum absolute atomic E-state index is 0.187. The molecule has 1 aliphatic rings. The molecule has 0 saturated carbocycles. The standard InChI is InChI=1S/C8H18N2O3S/c1-9(4-3-5-11)8-6-10(7-8)14(2,12)13/h8,11H,3-7H2,1-2H3. The largest absolute Gasteiger partial charge is 0.396 e. The Kier molecular flexibility index (Phi) is 3.88. The Balaban J connectivity index is 2.27. The van der Waals surface area contributed by atoms with Crippen molar-refractivity contribution in [2.24, 2.45) is 0 Å². The fourth-order valence-electron chi connectivity index (χ4n) is 1.47. The topological polar surface area (TPSA) is 60.9 Å². The van der Waals surface area contributed by atoms with Gasteiger partial charge in [-0.05, 0) is 13.5 Å². The van der Waals surface area contributed by atoms with Crippen LogP contribution in [0.25, 0.3) is 0 Å². The number of likely N-dealkylation sites (N-methyl/N-ethyl adjacent to an activating group) is 1. The average molecular weight is 222 g/mol. The number of nitrogens with zero attached hydrogens (tertiary/aromatic N) is 2. The minimum atomic E-state index is -3.00. The molecule has 1 heterocycles. The molecule has 0 aromatic heterocycles. The molecule has 84 valence electrons. The molecular formula is C8H18N2O3S. The molecular weight excluding hydrogens is 204 g/mol. The summed E-state index contributed by atoms with van der Waals surface area (Å²) in [6, 6.07) is 0.316. The van der Waals surface area contributed by atoms with E-state index in [1.165, 1.54) is 10.6 Å². The molecule has 6 heteroatoms. The van der Waals surface area contributed by atoms with Gasteiger partial charge in [0.1, 0.15) is 0 Å². The van der Waals surface area contributed by atoms with Crippen LogP contribution in [0.3, 0.4) is 0 Å². The van der Waals surface area contributed by atoms with E-state index in [4.69, 9.17) is 5.11 Å². The van der Waals surface area contributed by atoms with Gasteiger partial charge < -0.3 is 10.0 Å². The average Bonchev–Trinajstić information content (AvgIpc) is 1.94. The molecule has 0 aromatic rings. The second kappa shape index (κ2) is 4.57. The maximum atomic E-state index is 11.1. The molecule has 1 saturated heterocycles. The summed E-state index contributed by atoms with van der Waals surface area (Å²) >= 11 is 0. The van der Waals surface area contributed by atoms with Crippen molar-refractivity contribution < 1.29 is 13.5 Å². The van der Waals surface area contributed by atoms with Crippen molar-refractivity contribution in [1.29, 1.82) is 0 Å². The Morgan fingerprint density at radius 2 is 2.07 bits per heavy atom. The lowest BCUT2D eigenvalue weighted by atomic mass is 10.1. The molecule has 5 nitrogen and oxygen atoms in total. The van der Waals surface area contributed by atoms with Crippen molar-refractivity contribution >= 4 is 10.0 Å². The van der Waals surface area contributed by atoms with Crippen LogP contribution >= 0.6 is 0 Å². The number of sulfonamides is 1. The first kappa shape index (κ1) is 11.9. The number of aliphatic hydroxyl groups excluding tert-OH is 1. The highest BCUT2D eigenvalue weighted by atomic mass is 32.2. The lowest BCUT2D eigenvalue weighted by Gasteiger charge is -2.42. The molecule has 0 amide bonds. The Labute approximate surface area is 85.4 Å². The van der Waals surface area contributed by atoms with Crippen LogP contribution in [0.2, 0.25) is 0 Å². The Bertz CT molecular complexity index is 272. The zero-order chi connectivity index (χ0) is 10.8. The first-order chi connectivity index (χ1) is 6.45. The van der Waals surface area contributed by atoms with Crippen LogP contribution in [0.1, 0.15) is 6.42 Å². The molecule has 1 rings (SSSR count). The minimum Gasteiger partial charge on any atom is -0.396 e. The van der Waals surface area contributed by atoms with E-state index >= 15 is 0 Å². The van der Waals surface area contributed by atoms with Crippen molar-refractivity contribution in [2.75, 3.05) is 39.5 Å². The molecule has 14 heavy (non-hydrogen) atoms. The fourth-order valence-corrected chi connectivity index (χ4v) is 2.35. The van der Waals surface area contributed by atoms with Gasteiger partial charge in [-0.2, -0.15) is 4.31 Å². The van der Waals surface area contributed by atoms with Gasteiger partial charge in [0.15, 0.2) is 0 Å². The van der Waals surface area contributed by atoms with E-state index in [-0.39, 0.29) is 6.61 Å². The van der Waals surface area contributed by atoms with E-state index in [1.54, 1.807) is 0 Å². The highest BCUT2D eigenvalue weighted by Crippen LogP contribution is 2.16. The van der Waals surface area contributed by atoms with Crippen molar-refractivity contribution in [1.82, 2.24) is 9.21 Å². The molecule has 1 aliphatic heterocycles. The van der Waals surface area contributed by atoms with E-state index in [0.717, 1.165) is 13.0 Å². The van der Waals surface area contributed by atoms with Gasteiger partial charge in [-0.3, -0.25) is 0 Å². The molecule has 0 atom stereocenters. The molecule has 0 unspecified atom stereocenters. The summed E-state index contributed by atoms with van der Waals surface area (Å²) < 4.78 is 23.6. The van der Waals surface area contributed by atoms with E-state index < -0.39 is 10.0 Å². The van der Waals surface area contributed by atoms with Gasteiger partial charge in [0.05, 0.1) is 6.26 Å². The first-order valence-electron chi connectivity index (χ1n) is 4.71. The smallest absolute Gasteiger partial charge is 0.211 e. The Morgan fingerprint density at radius 1 is 1.50 bits per heavy atom. The van der Waals surface area contributed by atoms with Gasteiger partial charge in [0.2, 0.25) is 10.0 Å². The van der Waals surface area contributed by atoms with Crippen molar-refractivity contribution in [2.45, 2.75) is 12.5 Å². The summed E-state index contributed by atoms with van der Waals surface area (Å²) in [5, 5.41) is 8.64. The number of hydrogen-bond donors (Lipinski definition) is 1. The highest BCUT2D eigenvalue weighted by Gasteiger charge is 2.35. The number of rotatable bonds is 5. The molecule has 0 aromatic carbocycles. The van der Waals surface area contributed by atoms with Gasteiger partial charge in [0, 0.05) is 32.3 Å². The summed E-state index contributed by atoms with van der Waals surface area (Å²) in [5.74, 6) is 0. The summed E-state index contributed by atoms with van der Waals surface area (Å²) in [6.45, 7) is 2.17. The maximum absolute atomic E-state index is 11.1.